The van der Waals surface area contributed by atoms with E-state index in [1.54, 1.807) is 23.2 Å². The first-order valence-electron chi connectivity index (χ1n) is 12.6. The highest BCUT2D eigenvalue weighted by molar-refractivity contribution is 5.95. The molecule has 3 aromatic rings. The molecular weight excluding hydrogens is 478 g/mol. The van der Waals surface area contributed by atoms with Crippen LogP contribution in [0.15, 0.2) is 36.8 Å². The summed E-state index contributed by atoms with van der Waals surface area (Å²) in [5.74, 6) is -2.09. The number of aromatic nitrogens is 3. The number of carbonyl (C=O) groups is 1. The lowest BCUT2D eigenvalue weighted by molar-refractivity contribution is 0.00149. The van der Waals surface area contributed by atoms with Crippen molar-refractivity contribution in [1.82, 2.24) is 24.8 Å². The van der Waals surface area contributed by atoms with Crippen molar-refractivity contribution in [2.45, 2.75) is 32.2 Å². The molecule has 194 valence electrons. The van der Waals surface area contributed by atoms with E-state index in [0.717, 1.165) is 25.9 Å². The van der Waals surface area contributed by atoms with Gasteiger partial charge < -0.3 is 15.4 Å². The summed E-state index contributed by atoms with van der Waals surface area (Å²) in [6.07, 6.45) is 5.08. The molecule has 5 rings (SSSR count). The maximum absolute atomic E-state index is 15.4. The predicted octanol–water partition coefficient (Wildman–Crippen LogP) is 3.57. The van der Waals surface area contributed by atoms with Gasteiger partial charge in [0.15, 0.2) is 0 Å². The first kappa shape index (κ1) is 25.2. The third-order valence-corrected chi connectivity index (χ3v) is 7.18. The van der Waals surface area contributed by atoms with E-state index in [1.165, 1.54) is 18.5 Å². The lowest BCUT2D eigenvalue weighted by Crippen LogP contribution is -2.50. The molecule has 0 radical (unpaired) electrons. The number of likely N-dealkylation sites (tertiary alicyclic amines) is 1. The molecule has 1 amide bonds. The lowest BCUT2D eigenvalue weighted by atomic mass is 9.96. The standard InChI is InChI=1S/C27H30F2N6O2/c1-2-22-24(17-3-4-23(30)31-15-17)26(33-16-32-22)18-13-20(28)25(21(29)14-18)27(36)35-7-5-19(6-8-35)34-9-11-37-12-10-34/h3-4,13-16,19H,2,5-12H2,1H3,(H2,30,31). The monoisotopic (exact) mass is 508 g/mol. The molecule has 2 fully saturated rings. The number of nitrogen functional groups attached to an aromatic ring is 1. The van der Waals surface area contributed by atoms with Crippen molar-refractivity contribution in [2.75, 3.05) is 45.1 Å². The zero-order valence-electron chi connectivity index (χ0n) is 20.8. The number of pyridine rings is 1. The van der Waals surface area contributed by atoms with Gasteiger partial charge in [-0.15, -0.1) is 0 Å². The Morgan fingerprint density at radius 3 is 2.35 bits per heavy atom. The first-order chi connectivity index (χ1) is 18.0. The normalized spacial score (nSPS) is 17.2. The van der Waals surface area contributed by atoms with E-state index in [4.69, 9.17) is 10.5 Å². The molecule has 0 spiro atoms. The number of hydrogen-bond acceptors (Lipinski definition) is 7. The summed E-state index contributed by atoms with van der Waals surface area (Å²) in [5, 5.41) is 0. The van der Waals surface area contributed by atoms with Crippen LogP contribution >= 0.6 is 0 Å². The molecule has 0 unspecified atom stereocenters. The number of aryl methyl sites for hydroxylation is 1. The third-order valence-electron chi connectivity index (χ3n) is 7.18. The number of anilines is 1. The Balaban J connectivity index is 1.41. The van der Waals surface area contributed by atoms with Gasteiger partial charge in [-0.1, -0.05) is 6.92 Å². The van der Waals surface area contributed by atoms with E-state index in [9.17, 15) is 4.79 Å². The number of carbonyl (C=O) groups excluding carboxylic acids is 1. The maximum atomic E-state index is 15.4. The van der Waals surface area contributed by atoms with E-state index >= 15 is 8.78 Å². The SMILES string of the molecule is CCc1ncnc(-c2cc(F)c(C(=O)N3CCC(N4CCOCC4)CC3)c(F)c2)c1-c1ccc(N)nc1. The summed E-state index contributed by atoms with van der Waals surface area (Å²) in [7, 11) is 0. The Hall–Kier alpha value is -3.50. The van der Waals surface area contributed by atoms with Gasteiger partial charge in [0.2, 0.25) is 0 Å². The summed E-state index contributed by atoms with van der Waals surface area (Å²) >= 11 is 0. The van der Waals surface area contributed by atoms with Crippen molar-refractivity contribution in [2.24, 2.45) is 0 Å². The number of nitrogens with zero attached hydrogens (tertiary/aromatic N) is 5. The second-order valence-electron chi connectivity index (χ2n) is 9.36. The molecule has 4 heterocycles. The van der Waals surface area contributed by atoms with Gasteiger partial charge in [-0.2, -0.15) is 0 Å². The van der Waals surface area contributed by atoms with Crippen LogP contribution < -0.4 is 5.73 Å². The first-order valence-corrected chi connectivity index (χ1v) is 12.6. The number of piperidine rings is 1. The highest BCUT2D eigenvalue weighted by Crippen LogP contribution is 2.34. The molecule has 0 aliphatic carbocycles. The second kappa shape index (κ2) is 10.9. The predicted molar refractivity (Wildman–Crippen MR) is 136 cm³/mol. The lowest BCUT2D eigenvalue weighted by Gasteiger charge is -2.40. The molecule has 10 heteroatoms. The summed E-state index contributed by atoms with van der Waals surface area (Å²) in [4.78, 5) is 29.9. The average Bonchev–Trinajstić information content (AvgIpc) is 2.93. The second-order valence-corrected chi connectivity index (χ2v) is 9.36. The Morgan fingerprint density at radius 1 is 1.03 bits per heavy atom. The zero-order valence-corrected chi connectivity index (χ0v) is 20.8. The van der Waals surface area contributed by atoms with Crippen molar-refractivity contribution in [3.63, 3.8) is 0 Å². The molecule has 2 aromatic heterocycles. The molecule has 0 atom stereocenters. The maximum Gasteiger partial charge on any atom is 0.259 e. The van der Waals surface area contributed by atoms with Crippen molar-refractivity contribution in [3.8, 4) is 22.4 Å². The topological polar surface area (TPSA) is 97.5 Å². The zero-order chi connectivity index (χ0) is 25.9. The van der Waals surface area contributed by atoms with Crippen LogP contribution in [0.3, 0.4) is 0 Å². The van der Waals surface area contributed by atoms with Crippen LogP contribution in [0.2, 0.25) is 0 Å². The van der Waals surface area contributed by atoms with E-state index < -0.39 is 23.1 Å². The van der Waals surface area contributed by atoms with Gasteiger partial charge in [-0.25, -0.2) is 23.7 Å². The number of hydrogen-bond donors (Lipinski definition) is 1. The summed E-state index contributed by atoms with van der Waals surface area (Å²) in [6.45, 7) is 6.03. The smallest absolute Gasteiger partial charge is 0.259 e. The van der Waals surface area contributed by atoms with Crippen LogP contribution in [0.4, 0.5) is 14.6 Å². The number of rotatable bonds is 5. The van der Waals surface area contributed by atoms with Crippen molar-refractivity contribution in [3.05, 3.63) is 59.7 Å². The average molecular weight is 509 g/mol. The molecule has 2 N–H and O–H groups in total. The van der Waals surface area contributed by atoms with Crippen LogP contribution in [0.5, 0.6) is 0 Å². The van der Waals surface area contributed by atoms with Crippen molar-refractivity contribution in [1.29, 1.82) is 0 Å². The number of halogens is 2. The number of amides is 1. The highest BCUT2D eigenvalue weighted by Gasteiger charge is 2.31. The fraction of sp³-hybridized carbons (Fsp3) is 0.407. The molecule has 2 aliphatic rings. The molecule has 1 aromatic carbocycles. The quantitative estimate of drug-likeness (QED) is 0.563. The van der Waals surface area contributed by atoms with Gasteiger partial charge >= 0.3 is 0 Å². The van der Waals surface area contributed by atoms with E-state index in [2.05, 4.69) is 19.9 Å². The van der Waals surface area contributed by atoms with Gasteiger partial charge in [0, 0.05) is 55.1 Å². The van der Waals surface area contributed by atoms with Crippen molar-refractivity contribution >= 4 is 11.7 Å². The third kappa shape index (κ3) is 5.17. The van der Waals surface area contributed by atoms with Crippen LogP contribution in [0.1, 0.15) is 35.8 Å². The summed E-state index contributed by atoms with van der Waals surface area (Å²) in [5.41, 5.74) is 7.80. The number of nitrogens with two attached hydrogens (primary N) is 1. The van der Waals surface area contributed by atoms with E-state index in [1.807, 2.05) is 6.92 Å². The van der Waals surface area contributed by atoms with Crippen LogP contribution in [0, 0.1) is 11.6 Å². The highest BCUT2D eigenvalue weighted by atomic mass is 19.1. The van der Waals surface area contributed by atoms with Gasteiger partial charge in [0.1, 0.15) is 29.3 Å². The minimum atomic E-state index is -0.909. The Morgan fingerprint density at radius 2 is 1.73 bits per heavy atom. The fourth-order valence-electron chi connectivity index (χ4n) is 5.21. The molecule has 2 aliphatic heterocycles. The van der Waals surface area contributed by atoms with Gasteiger partial charge in [-0.05, 0) is 43.5 Å². The minimum Gasteiger partial charge on any atom is -0.384 e. The number of benzene rings is 1. The summed E-state index contributed by atoms with van der Waals surface area (Å²) in [6, 6.07) is 6.13. The minimum absolute atomic E-state index is 0.224. The molecular formula is C27H30F2N6O2. The Kier molecular flexibility index (Phi) is 7.38. The van der Waals surface area contributed by atoms with Gasteiger partial charge in [0.05, 0.1) is 24.6 Å². The van der Waals surface area contributed by atoms with Crippen LogP contribution in [-0.4, -0.2) is 76.1 Å². The number of morpholine rings is 1. The van der Waals surface area contributed by atoms with Crippen molar-refractivity contribution < 1.29 is 18.3 Å². The van der Waals surface area contributed by atoms with Gasteiger partial charge in [0.25, 0.3) is 5.91 Å². The Labute approximate surface area is 214 Å². The fourth-order valence-corrected chi connectivity index (χ4v) is 5.21. The largest absolute Gasteiger partial charge is 0.384 e. The van der Waals surface area contributed by atoms with Crippen LogP contribution in [0.25, 0.3) is 22.4 Å². The van der Waals surface area contributed by atoms with Crippen LogP contribution in [-0.2, 0) is 11.2 Å². The summed E-state index contributed by atoms with van der Waals surface area (Å²) < 4.78 is 36.1. The molecule has 0 saturated carbocycles. The van der Waals surface area contributed by atoms with E-state index in [-0.39, 0.29) is 5.56 Å². The molecule has 37 heavy (non-hydrogen) atoms. The Bertz CT molecular complexity index is 1250. The molecule has 8 nitrogen and oxygen atoms in total. The number of ether oxygens (including phenoxy) is 1. The van der Waals surface area contributed by atoms with Gasteiger partial charge in [-0.3, -0.25) is 9.69 Å². The van der Waals surface area contributed by atoms with E-state index in [0.29, 0.717) is 67.1 Å². The molecule has 2 saturated heterocycles. The molecule has 0 bridgehead atoms.